The van der Waals surface area contributed by atoms with Crippen LogP contribution in [0.25, 0.3) is 10.9 Å². The fourth-order valence-corrected chi connectivity index (χ4v) is 6.03. The van der Waals surface area contributed by atoms with Crippen molar-refractivity contribution < 1.29 is 27.6 Å². The van der Waals surface area contributed by atoms with Gasteiger partial charge in [-0.2, -0.15) is 8.42 Å². The van der Waals surface area contributed by atoms with Gasteiger partial charge in [-0.1, -0.05) is 118 Å². The van der Waals surface area contributed by atoms with Crippen molar-refractivity contribution in [2.45, 2.75) is 91.2 Å². The summed E-state index contributed by atoms with van der Waals surface area (Å²) < 4.78 is 34.4. The van der Waals surface area contributed by atoms with Crippen LogP contribution in [0.1, 0.15) is 89.9 Å². The van der Waals surface area contributed by atoms with Crippen LogP contribution < -0.4 is 10.9 Å². The Bertz CT molecular complexity index is 1970. The van der Waals surface area contributed by atoms with Crippen molar-refractivity contribution in [1.29, 1.82) is 0 Å². The molecular formula is C45H64N4O7S. The molecule has 2 aromatic heterocycles. The lowest BCUT2D eigenvalue weighted by atomic mass is 9.90. The molecule has 0 amide bonds. The van der Waals surface area contributed by atoms with Crippen molar-refractivity contribution in [3.63, 3.8) is 0 Å². The van der Waals surface area contributed by atoms with Gasteiger partial charge in [0.05, 0.1) is 23.2 Å². The number of phenolic OH excluding ortho intramolecular Hbond substituents is 1. The van der Waals surface area contributed by atoms with Crippen molar-refractivity contribution in [2.75, 3.05) is 26.7 Å². The van der Waals surface area contributed by atoms with E-state index in [9.17, 15) is 23.4 Å². The molecule has 0 radical (unpaired) electrons. The molecule has 312 valence electrons. The molecule has 0 saturated carbocycles. The standard InChI is InChI=1S/C34H50N4O4.C6H6.C5H8O3S/c1-5-6-12-15-26(2)34(3,41)33-36-24-28(42-33)25-38(4)23-14-11-9-7-8-10-13-21-35-22-20-27-16-18-30(39)32-29(27)17-19-31(40)37-32;1-2-4-6-5-3-1;1-3-4-5(2)9(6,7)8/h5-6,12,15-19,24,26,35,39,41H,7-11,13-14,20-23,25H2,1-4H3,(H,37,40);1-6H;3-4H,2H2,1H3,(H,6,7,8)/b6-5-,15-12-;;4-3+. The number of aromatic hydroxyl groups is 1. The van der Waals surface area contributed by atoms with Crippen LogP contribution in [0.3, 0.4) is 0 Å². The number of nitrogens with zero attached hydrogens (tertiary/aromatic N) is 2. The molecule has 0 fully saturated rings. The highest BCUT2D eigenvalue weighted by molar-refractivity contribution is 7.90. The molecule has 2 atom stereocenters. The highest BCUT2D eigenvalue weighted by Gasteiger charge is 2.34. The number of benzene rings is 2. The van der Waals surface area contributed by atoms with Crippen LogP contribution in [-0.4, -0.2) is 64.7 Å². The number of allylic oxidation sites excluding steroid dienone is 5. The first-order valence-electron chi connectivity index (χ1n) is 19.7. The third-order valence-electron chi connectivity index (χ3n) is 9.28. The number of aromatic amines is 1. The van der Waals surface area contributed by atoms with Gasteiger partial charge in [0.1, 0.15) is 17.1 Å². The van der Waals surface area contributed by atoms with E-state index in [1.54, 1.807) is 32.2 Å². The smallest absolute Gasteiger partial charge is 0.293 e. The summed E-state index contributed by atoms with van der Waals surface area (Å²) in [6, 6.07) is 18.9. The average molecular weight is 805 g/mol. The van der Waals surface area contributed by atoms with E-state index in [2.05, 4.69) is 33.8 Å². The molecule has 0 saturated heterocycles. The number of phenols is 1. The Kier molecular flexibility index (Phi) is 22.4. The number of nitrogens with one attached hydrogen (secondary N) is 2. The van der Waals surface area contributed by atoms with Crippen molar-refractivity contribution in [3.8, 4) is 5.75 Å². The summed E-state index contributed by atoms with van der Waals surface area (Å²) in [4.78, 5) is 20.6. The molecule has 4 rings (SSSR count). The van der Waals surface area contributed by atoms with Gasteiger partial charge in [0, 0.05) is 17.4 Å². The number of hydrogen-bond donors (Lipinski definition) is 5. The van der Waals surface area contributed by atoms with Gasteiger partial charge in [-0.15, -0.1) is 0 Å². The van der Waals surface area contributed by atoms with Gasteiger partial charge in [-0.25, -0.2) is 4.98 Å². The molecule has 4 aromatic rings. The van der Waals surface area contributed by atoms with E-state index >= 15 is 0 Å². The maximum absolute atomic E-state index is 11.6. The number of pyridine rings is 1. The lowest BCUT2D eigenvalue weighted by Crippen LogP contribution is -2.29. The molecule has 0 spiro atoms. The molecule has 11 nitrogen and oxygen atoms in total. The summed E-state index contributed by atoms with van der Waals surface area (Å²) in [5.74, 6) is 1.13. The van der Waals surface area contributed by atoms with E-state index in [4.69, 9.17) is 8.97 Å². The number of aliphatic hydroxyl groups is 1. The fraction of sp³-hybridized carbons (Fsp3) is 0.422. The zero-order valence-electron chi connectivity index (χ0n) is 34.4. The van der Waals surface area contributed by atoms with Gasteiger partial charge >= 0.3 is 0 Å². The molecule has 2 heterocycles. The lowest BCUT2D eigenvalue weighted by molar-refractivity contribution is -0.00707. The minimum Gasteiger partial charge on any atom is -0.506 e. The minimum absolute atomic E-state index is 0.109. The Balaban J connectivity index is 0.000000622. The second-order valence-electron chi connectivity index (χ2n) is 14.1. The van der Waals surface area contributed by atoms with Crippen LogP contribution in [0.15, 0.2) is 124 Å². The van der Waals surface area contributed by atoms with Crippen molar-refractivity contribution in [1.82, 2.24) is 20.2 Å². The number of hydrogen-bond acceptors (Lipinski definition) is 9. The summed E-state index contributed by atoms with van der Waals surface area (Å²) in [5.41, 5.74) is 0.274. The predicted octanol–water partition coefficient (Wildman–Crippen LogP) is 8.84. The Labute approximate surface area is 339 Å². The maximum Gasteiger partial charge on any atom is 0.293 e. The second-order valence-corrected chi connectivity index (χ2v) is 15.6. The molecule has 0 aliphatic rings. The third-order valence-corrected chi connectivity index (χ3v) is 10.1. The van der Waals surface area contributed by atoms with E-state index in [1.807, 2.05) is 80.6 Å². The van der Waals surface area contributed by atoms with Crippen molar-refractivity contribution in [2.24, 2.45) is 5.92 Å². The summed E-state index contributed by atoms with van der Waals surface area (Å²) in [6.45, 7) is 14.0. The number of rotatable bonds is 21. The highest BCUT2D eigenvalue weighted by atomic mass is 32.2. The van der Waals surface area contributed by atoms with Crippen LogP contribution in [0.2, 0.25) is 0 Å². The highest BCUT2D eigenvalue weighted by Crippen LogP contribution is 2.30. The first kappa shape index (κ1) is 48.6. The number of unbranched alkanes of at least 4 members (excludes halogenated alkanes) is 6. The predicted molar refractivity (Wildman–Crippen MR) is 233 cm³/mol. The van der Waals surface area contributed by atoms with E-state index in [1.165, 1.54) is 56.7 Å². The molecule has 57 heavy (non-hydrogen) atoms. The molecule has 2 aromatic carbocycles. The molecule has 12 heteroatoms. The fourth-order valence-electron chi connectivity index (χ4n) is 5.72. The quantitative estimate of drug-likeness (QED) is 0.0312. The van der Waals surface area contributed by atoms with Gasteiger partial charge in [-0.05, 0) is 90.5 Å². The molecule has 2 unspecified atom stereocenters. The minimum atomic E-state index is -4.05. The first-order chi connectivity index (χ1) is 27.2. The second kappa shape index (κ2) is 26.4. The van der Waals surface area contributed by atoms with E-state index in [0.717, 1.165) is 49.2 Å². The topological polar surface area (TPSA) is 169 Å². The Hall–Kier alpha value is -4.59. The lowest BCUT2D eigenvalue weighted by Gasteiger charge is -2.24. The number of oxazole rings is 1. The largest absolute Gasteiger partial charge is 0.506 e. The summed E-state index contributed by atoms with van der Waals surface area (Å²) in [6.07, 6.45) is 21.6. The van der Waals surface area contributed by atoms with Gasteiger partial charge in [0.15, 0.2) is 0 Å². The normalized spacial score (nSPS) is 13.4. The SMILES string of the molecule is C/C=C\C=C/C(C)C(C)(O)c1ncc(CN(C)CCCCCCCCCNCCc2ccc(O)c3[nH]c(=O)ccc23)o1.C=C(/C=C/C)S(=O)(=O)O.c1ccccc1. The van der Waals surface area contributed by atoms with Gasteiger partial charge in [-0.3, -0.25) is 14.2 Å². The first-order valence-corrected chi connectivity index (χ1v) is 21.1. The third kappa shape index (κ3) is 18.9. The van der Waals surface area contributed by atoms with Crippen LogP contribution in [0.5, 0.6) is 5.75 Å². The number of fused-ring (bicyclic) bond motifs is 1. The van der Waals surface area contributed by atoms with E-state index in [0.29, 0.717) is 18.0 Å². The zero-order valence-corrected chi connectivity index (χ0v) is 35.2. The van der Waals surface area contributed by atoms with Crippen LogP contribution in [0, 0.1) is 5.92 Å². The Morgan fingerprint density at radius 2 is 1.60 bits per heavy atom. The molecular weight excluding hydrogens is 741 g/mol. The zero-order chi connectivity index (χ0) is 42.1. The molecule has 5 N–H and O–H groups in total. The van der Waals surface area contributed by atoms with Gasteiger partial charge in [0.25, 0.3) is 10.1 Å². The van der Waals surface area contributed by atoms with Gasteiger partial charge < -0.3 is 24.9 Å². The summed E-state index contributed by atoms with van der Waals surface area (Å²) >= 11 is 0. The Morgan fingerprint density at radius 1 is 0.965 bits per heavy atom. The molecule has 0 aliphatic heterocycles. The number of H-pyrrole nitrogens is 1. The summed E-state index contributed by atoms with van der Waals surface area (Å²) in [5, 5.41) is 25.4. The molecule has 0 aliphatic carbocycles. The maximum atomic E-state index is 11.6. The van der Waals surface area contributed by atoms with E-state index < -0.39 is 15.7 Å². The number of aromatic nitrogens is 2. The Morgan fingerprint density at radius 3 is 2.19 bits per heavy atom. The molecule has 0 bridgehead atoms. The van der Waals surface area contributed by atoms with E-state index in [-0.39, 0.29) is 22.1 Å². The summed E-state index contributed by atoms with van der Waals surface area (Å²) in [7, 11) is -1.95. The van der Waals surface area contributed by atoms with Crippen LogP contribution >= 0.6 is 0 Å². The van der Waals surface area contributed by atoms with Crippen LogP contribution in [-0.2, 0) is 28.7 Å². The van der Waals surface area contributed by atoms with Crippen LogP contribution in [0.4, 0.5) is 0 Å². The van der Waals surface area contributed by atoms with Crippen molar-refractivity contribution >= 4 is 21.0 Å². The van der Waals surface area contributed by atoms with Crippen molar-refractivity contribution in [3.05, 3.63) is 142 Å². The van der Waals surface area contributed by atoms with Gasteiger partial charge in [0.2, 0.25) is 11.4 Å². The average Bonchev–Trinajstić information content (AvgIpc) is 3.66. The monoisotopic (exact) mass is 804 g/mol.